The first kappa shape index (κ1) is 15.3. The molecule has 0 atom stereocenters. The van der Waals surface area contributed by atoms with Gasteiger partial charge in [0.1, 0.15) is 0 Å². The van der Waals surface area contributed by atoms with Gasteiger partial charge in [-0.05, 0) is 18.6 Å². The molecule has 0 fully saturated rings. The van der Waals surface area contributed by atoms with E-state index in [0.717, 1.165) is 6.42 Å². The van der Waals surface area contributed by atoms with Crippen molar-refractivity contribution in [3.63, 3.8) is 0 Å². The van der Waals surface area contributed by atoms with Gasteiger partial charge in [0.15, 0.2) is 0 Å². The van der Waals surface area contributed by atoms with Crippen LogP contribution in [0.1, 0.15) is 22.5 Å². The highest BCUT2D eigenvalue weighted by atomic mass is 16.5. The first-order valence-electron chi connectivity index (χ1n) is 6.21. The lowest BCUT2D eigenvalue weighted by Gasteiger charge is -2.08. The van der Waals surface area contributed by atoms with Crippen molar-refractivity contribution in [2.24, 2.45) is 0 Å². The van der Waals surface area contributed by atoms with Gasteiger partial charge in [0.05, 0.1) is 31.6 Å². The normalized spacial score (nSPS) is 10.2. The number of methoxy groups -OCH3 is 1. The van der Waals surface area contributed by atoms with Gasteiger partial charge in [-0.1, -0.05) is 6.08 Å². The highest BCUT2D eigenvalue weighted by Gasteiger charge is 2.11. The average Bonchev–Trinajstić information content (AvgIpc) is 2.46. The molecule has 0 saturated heterocycles. The smallest absolute Gasteiger partial charge is 0.339 e. The van der Waals surface area contributed by atoms with Crippen LogP contribution in [0.25, 0.3) is 0 Å². The summed E-state index contributed by atoms with van der Waals surface area (Å²) in [7, 11) is 1.36. The first-order chi connectivity index (χ1) is 9.29. The molecule has 0 aliphatic heterocycles. The Morgan fingerprint density at radius 1 is 1.53 bits per heavy atom. The molecular weight excluding hydrogens is 244 g/mol. The van der Waals surface area contributed by atoms with Gasteiger partial charge in [0.2, 0.25) is 0 Å². The predicted molar refractivity (Wildman–Crippen MR) is 72.9 cm³/mol. The number of hydrogen-bond acceptors (Lipinski definition) is 5. The summed E-state index contributed by atoms with van der Waals surface area (Å²) in [5.74, 6) is -0.368. The maximum atomic E-state index is 11.5. The number of ether oxygens (including phenoxy) is 2. The zero-order chi connectivity index (χ0) is 13.9. The van der Waals surface area contributed by atoms with Crippen molar-refractivity contribution in [2.75, 3.05) is 26.9 Å². The minimum atomic E-state index is -0.368. The molecule has 1 aromatic rings. The van der Waals surface area contributed by atoms with Gasteiger partial charge in [-0.3, -0.25) is 4.98 Å². The second kappa shape index (κ2) is 9.24. The molecule has 104 valence electrons. The van der Waals surface area contributed by atoms with Crippen LogP contribution in [-0.4, -0.2) is 37.8 Å². The fourth-order valence-electron chi connectivity index (χ4n) is 1.49. The number of carbonyl (C=O) groups is 1. The van der Waals surface area contributed by atoms with Crippen molar-refractivity contribution in [3.8, 4) is 0 Å². The van der Waals surface area contributed by atoms with Gasteiger partial charge in [0.25, 0.3) is 0 Å². The number of nitrogens with one attached hydrogen (secondary N) is 1. The van der Waals surface area contributed by atoms with E-state index in [9.17, 15) is 4.79 Å². The highest BCUT2D eigenvalue weighted by molar-refractivity contribution is 5.90. The van der Waals surface area contributed by atoms with Gasteiger partial charge >= 0.3 is 5.97 Å². The van der Waals surface area contributed by atoms with Crippen LogP contribution in [0.4, 0.5) is 0 Å². The van der Waals surface area contributed by atoms with Crippen LogP contribution >= 0.6 is 0 Å². The van der Waals surface area contributed by atoms with Gasteiger partial charge in [0, 0.05) is 19.3 Å². The van der Waals surface area contributed by atoms with Crippen molar-refractivity contribution in [2.45, 2.75) is 13.0 Å². The number of pyridine rings is 1. The van der Waals surface area contributed by atoms with E-state index in [-0.39, 0.29) is 5.97 Å². The summed E-state index contributed by atoms with van der Waals surface area (Å²) in [6.07, 6.45) is 4.33. The molecule has 19 heavy (non-hydrogen) atoms. The fourth-order valence-corrected chi connectivity index (χ4v) is 1.49. The molecule has 1 N–H and O–H groups in total. The number of hydrogen-bond donors (Lipinski definition) is 1. The summed E-state index contributed by atoms with van der Waals surface area (Å²) in [6.45, 7) is 6.14. The summed E-state index contributed by atoms with van der Waals surface area (Å²) in [5, 5.41) is 3.18. The van der Waals surface area contributed by atoms with Crippen LogP contribution in [-0.2, 0) is 16.0 Å². The molecule has 1 rings (SSSR count). The average molecular weight is 264 g/mol. The van der Waals surface area contributed by atoms with Gasteiger partial charge in [-0.25, -0.2) is 4.79 Å². The molecule has 1 heterocycles. The Morgan fingerprint density at radius 2 is 2.37 bits per heavy atom. The Morgan fingerprint density at radius 3 is 3.11 bits per heavy atom. The Balaban J connectivity index is 2.33. The van der Waals surface area contributed by atoms with Crippen molar-refractivity contribution in [1.29, 1.82) is 0 Å². The maximum Gasteiger partial charge on any atom is 0.339 e. The van der Waals surface area contributed by atoms with Crippen LogP contribution in [0, 0.1) is 0 Å². The molecule has 0 amide bonds. The monoisotopic (exact) mass is 264 g/mol. The maximum absolute atomic E-state index is 11.5. The summed E-state index contributed by atoms with van der Waals surface area (Å²) in [6, 6.07) is 3.42. The standard InChI is InChI=1S/C14H20N2O3/c1-3-4-9-19-10-8-15-11-13-12(14(17)18-2)6-5-7-16-13/h3,5-7,15H,1,4,8-11H2,2H3. The predicted octanol–water partition coefficient (Wildman–Crippen LogP) is 1.55. The minimum Gasteiger partial charge on any atom is -0.465 e. The van der Waals surface area contributed by atoms with E-state index in [1.165, 1.54) is 7.11 Å². The van der Waals surface area contributed by atoms with Crippen LogP contribution in [0.2, 0.25) is 0 Å². The lowest BCUT2D eigenvalue weighted by Crippen LogP contribution is -2.22. The fraction of sp³-hybridized carbons (Fsp3) is 0.429. The Kier molecular flexibility index (Phi) is 7.46. The summed E-state index contributed by atoms with van der Waals surface area (Å²) in [5.41, 5.74) is 1.17. The van der Waals surface area contributed by atoms with Crippen LogP contribution in [0.3, 0.4) is 0 Å². The molecular formula is C14H20N2O3. The number of rotatable bonds is 9. The molecule has 0 aromatic carbocycles. The van der Waals surface area contributed by atoms with Gasteiger partial charge in [-0.2, -0.15) is 0 Å². The summed E-state index contributed by atoms with van der Waals surface area (Å²) >= 11 is 0. The van der Waals surface area contributed by atoms with E-state index in [4.69, 9.17) is 9.47 Å². The van der Waals surface area contributed by atoms with Crippen LogP contribution in [0.5, 0.6) is 0 Å². The molecule has 0 spiro atoms. The van der Waals surface area contributed by atoms with E-state index in [1.54, 1.807) is 18.3 Å². The van der Waals surface area contributed by atoms with E-state index >= 15 is 0 Å². The Hall–Kier alpha value is -1.72. The highest BCUT2D eigenvalue weighted by Crippen LogP contribution is 2.06. The molecule has 0 bridgehead atoms. The third-order valence-corrected chi connectivity index (χ3v) is 2.48. The van der Waals surface area contributed by atoms with E-state index in [0.29, 0.717) is 37.6 Å². The molecule has 0 aliphatic rings. The van der Waals surface area contributed by atoms with Crippen LogP contribution < -0.4 is 5.32 Å². The lowest BCUT2D eigenvalue weighted by atomic mass is 10.2. The zero-order valence-electron chi connectivity index (χ0n) is 11.2. The van der Waals surface area contributed by atoms with Gasteiger partial charge < -0.3 is 14.8 Å². The quantitative estimate of drug-likeness (QED) is 0.416. The Bertz CT molecular complexity index is 407. The first-order valence-corrected chi connectivity index (χ1v) is 6.21. The minimum absolute atomic E-state index is 0.368. The molecule has 0 aliphatic carbocycles. The molecule has 1 aromatic heterocycles. The summed E-state index contributed by atoms with van der Waals surface area (Å²) in [4.78, 5) is 15.7. The van der Waals surface area contributed by atoms with Crippen molar-refractivity contribution >= 4 is 5.97 Å². The zero-order valence-corrected chi connectivity index (χ0v) is 11.2. The van der Waals surface area contributed by atoms with Crippen molar-refractivity contribution in [1.82, 2.24) is 10.3 Å². The van der Waals surface area contributed by atoms with E-state index in [2.05, 4.69) is 16.9 Å². The molecule has 5 heteroatoms. The second-order valence-electron chi connectivity index (χ2n) is 3.86. The SMILES string of the molecule is C=CCCOCCNCc1ncccc1C(=O)OC. The van der Waals surface area contributed by atoms with Crippen molar-refractivity contribution < 1.29 is 14.3 Å². The summed E-state index contributed by atoms with van der Waals surface area (Å²) < 4.78 is 10.1. The Labute approximate surface area is 113 Å². The number of carbonyl (C=O) groups excluding carboxylic acids is 1. The third kappa shape index (κ3) is 5.63. The largest absolute Gasteiger partial charge is 0.465 e. The van der Waals surface area contributed by atoms with Crippen LogP contribution in [0.15, 0.2) is 31.0 Å². The van der Waals surface area contributed by atoms with Crippen molar-refractivity contribution in [3.05, 3.63) is 42.2 Å². The number of aromatic nitrogens is 1. The lowest BCUT2D eigenvalue weighted by molar-refractivity contribution is 0.0598. The second-order valence-corrected chi connectivity index (χ2v) is 3.86. The third-order valence-electron chi connectivity index (χ3n) is 2.48. The molecule has 0 unspecified atom stereocenters. The topological polar surface area (TPSA) is 60.5 Å². The molecule has 5 nitrogen and oxygen atoms in total. The van der Waals surface area contributed by atoms with E-state index < -0.39 is 0 Å². The number of esters is 1. The molecule has 0 saturated carbocycles. The molecule has 0 radical (unpaired) electrons. The van der Waals surface area contributed by atoms with E-state index in [1.807, 2.05) is 6.08 Å². The van der Waals surface area contributed by atoms with Gasteiger partial charge in [-0.15, -0.1) is 6.58 Å². The number of nitrogens with zero attached hydrogens (tertiary/aromatic N) is 1.